The third-order valence-electron chi connectivity index (χ3n) is 3.09. The average molecular weight is 299 g/mol. The number of rotatable bonds is 7. The maximum Gasteiger partial charge on any atom is 0.148 e. The highest BCUT2D eigenvalue weighted by atomic mass is 32.2. The maximum absolute atomic E-state index is 11.2. The van der Waals surface area contributed by atoms with Crippen LogP contribution in [0.5, 0.6) is 0 Å². The van der Waals surface area contributed by atoms with Crippen molar-refractivity contribution in [1.29, 1.82) is 0 Å². The molecule has 19 heavy (non-hydrogen) atoms. The maximum atomic E-state index is 11.2. The molecule has 0 aliphatic heterocycles. The number of hydrogen-bond donors (Lipinski definition) is 1. The largest absolute Gasteiger partial charge is 0.310 e. The molecule has 0 heterocycles. The van der Waals surface area contributed by atoms with Crippen molar-refractivity contribution in [2.45, 2.75) is 37.2 Å². The third kappa shape index (κ3) is 5.55. The number of aryl methyl sites for hydroxylation is 1. The van der Waals surface area contributed by atoms with Crippen molar-refractivity contribution in [3.63, 3.8) is 0 Å². The second kappa shape index (κ2) is 6.29. The predicted molar refractivity (Wildman–Crippen MR) is 81.5 cm³/mol. The monoisotopic (exact) mass is 299 g/mol. The summed E-state index contributed by atoms with van der Waals surface area (Å²) < 4.78 is 22.3. The zero-order valence-corrected chi connectivity index (χ0v) is 13.1. The molecular formula is C14H21NO2S2. The Hall–Kier alpha value is -0.520. The van der Waals surface area contributed by atoms with E-state index in [1.54, 1.807) is 11.8 Å². The standard InChI is InChI=1S/C14H21NO2S2/c1-11-3-6-14(18-7-8-19(2,16)17)12(9-11)10-15-13-4-5-13/h3,6,9,13,15H,4-5,7-8,10H2,1-2H3. The molecule has 0 bridgehead atoms. The Balaban J connectivity index is 1.96. The van der Waals surface area contributed by atoms with Gasteiger partial charge in [0.2, 0.25) is 0 Å². The fourth-order valence-electron chi connectivity index (χ4n) is 1.83. The molecule has 1 aromatic rings. The quantitative estimate of drug-likeness (QED) is 0.785. The lowest BCUT2D eigenvalue weighted by atomic mass is 10.1. The van der Waals surface area contributed by atoms with Gasteiger partial charge in [0, 0.05) is 29.5 Å². The topological polar surface area (TPSA) is 46.2 Å². The van der Waals surface area contributed by atoms with E-state index in [0.29, 0.717) is 11.8 Å². The van der Waals surface area contributed by atoms with Crippen LogP contribution >= 0.6 is 11.8 Å². The van der Waals surface area contributed by atoms with Crippen LogP contribution in [0.15, 0.2) is 23.1 Å². The lowest BCUT2D eigenvalue weighted by Gasteiger charge is -2.11. The summed E-state index contributed by atoms with van der Waals surface area (Å²) in [6.45, 7) is 2.97. The van der Waals surface area contributed by atoms with E-state index in [0.717, 1.165) is 6.54 Å². The number of hydrogen-bond acceptors (Lipinski definition) is 4. The first-order valence-corrected chi connectivity index (χ1v) is 9.62. The molecule has 5 heteroatoms. The lowest BCUT2D eigenvalue weighted by molar-refractivity contribution is 0.603. The molecule has 106 valence electrons. The molecule has 0 atom stereocenters. The smallest absolute Gasteiger partial charge is 0.148 e. The molecule has 2 rings (SSSR count). The van der Waals surface area contributed by atoms with E-state index in [-0.39, 0.29) is 5.75 Å². The van der Waals surface area contributed by atoms with Crippen LogP contribution in [0.2, 0.25) is 0 Å². The van der Waals surface area contributed by atoms with E-state index in [4.69, 9.17) is 0 Å². The number of thioether (sulfide) groups is 1. The Kier molecular flexibility index (Phi) is 4.92. The molecule has 0 radical (unpaired) electrons. The Morgan fingerprint density at radius 1 is 1.37 bits per heavy atom. The van der Waals surface area contributed by atoms with Gasteiger partial charge >= 0.3 is 0 Å². The van der Waals surface area contributed by atoms with Gasteiger partial charge in [0.1, 0.15) is 9.84 Å². The third-order valence-corrected chi connectivity index (χ3v) is 5.41. The van der Waals surface area contributed by atoms with E-state index in [9.17, 15) is 8.42 Å². The highest BCUT2D eigenvalue weighted by molar-refractivity contribution is 8.00. The molecule has 0 unspecified atom stereocenters. The van der Waals surface area contributed by atoms with E-state index in [1.165, 1.54) is 35.1 Å². The summed E-state index contributed by atoms with van der Waals surface area (Å²) in [6, 6.07) is 7.07. The van der Waals surface area contributed by atoms with Crippen LogP contribution in [0.25, 0.3) is 0 Å². The molecule has 0 amide bonds. The van der Waals surface area contributed by atoms with Crippen LogP contribution in [0.3, 0.4) is 0 Å². The summed E-state index contributed by atoms with van der Waals surface area (Å²) in [5.41, 5.74) is 2.53. The molecule has 1 aliphatic carbocycles. The normalized spacial score (nSPS) is 15.7. The van der Waals surface area contributed by atoms with Crippen molar-refractivity contribution in [2.75, 3.05) is 17.8 Å². The molecule has 1 aliphatic rings. The van der Waals surface area contributed by atoms with Crippen LogP contribution in [0, 0.1) is 6.92 Å². The number of benzene rings is 1. The summed E-state index contributed by atoms with van der Waals surface area (Å²) in [6.07, 6.45) is 3.85. The minimum Gasteiger partial charge on any atom is -0.310 e. The minimum absolute atomic E-state index is 0.237. The van der Waals surface area contributed by atoms with Gasteiger partial charge < -0.3 is 5.32 Å². The van der Waals surface area contributed by atoms with Crippen molar-refractivity contribution < 1.29 is 8.42 Å². The van der Waals surface area contributed by atoms with Crippen molar-refractivity contribution in [3.05, 3.63) is 29.3 Å². The molecule has 1 N–H and O–H groups in total. The van der Waals surface area contributed by atoms with Crippen molar-refractivity contribution in [2.24, 2.45) is 0 Å². The first-order valence-electron chi connectivity index (χ1n) is 6.57. The van der Waals surface area contributed by atoms with Gasteiger partial charge in [-0.15, -0.1) is 11.8 Å². The number of sulfone groups is 1. The van der Waals surface area contributed by atoms with E-state index < -0.39 is 9.84 Å². The first kappa shape index (κ1) is 14.9. The molecule has 1 saturated carbocycles. The van der Waals surface area contributed by atoms with Crippen molar-refractivity contribution in [3.8, 4) is 0 Å². The Bertz CT molecular complexity index is 536. The van der Waals surface area contributed by atoms with Gasteiger partial charge in [-0.25, -0.2) is 8.42 Å². The van der Waals surface area contributed by atoms with Gasteiger partial charge in [-0.2, -0.15) is 0 Å². The molecule has 0 aromatic heterocycles. The highest BCUT2D eigenvalue weighted by Crippen LogP contribution is 2.26. The first-order chi connectivity index (χ1) is 8.94. The molecule has 3 nitrogen and oxygen atoms in total. The lowest BCUT2D eigenvalue weighted by Crippen LogP contribution is -2.16. The summed E-state index contributed by atoms with van der Waals surface area (Å²) >= 11 is 1.64. The molecular weight excluding hydrogens is 278 g/mol. The molecule has 1 aromatic carbocycles. The van der Waals surface area contributed by atoms with Crippen molar-refractivity contribution in [1.82, 2.24) is 5.32 Å². The molecule has 0 spiro atoms. The van der Waals surface area contributed by atoms with E-state index >= 15 is 0 Å². The fourth-order valence-corrected chi connectivity index (χ4v) is 4.08. The summed E-state index contributed by atoms with van der Waals surface area (Å²) in [4.78, 5) is 1.20. The van der Waals surface area contributed by atoms with Gasteiger partial charge in [-0.3, -0.25) is 0 Å². The molecule has 1 fully saturated rings. The predicted octanol–water partition coefficient (Wildman–Crippen LogP) is 2.38. The van der Waals surface area contributed by atoms with Gasteiger partial charge in [-0.1, -0.05) is 17.7 Å². The van der Waals surface area contributed by atoms with Gasteiger partial charge in [0.05, 0.1) is 5.75 Å². The molecule has 0 saturated heterocycles. The zero-order chi connectivity index (χ0) is 13.9. The summed E-state index contributed by atoms with van der Waals surface area (Å²) in [7, 11) is -2.87. The second-order valence-electron chi connectivity index (χ2n) is 5.24. The summed E-state index contributed by atoms with van der Waals surface area (Å²) in [5, 5.41) is 3.52. The second-order valence-corrected chi connectivity index (χ2v) is 8.64. The van der Waals surface area contributed by atoms with Gasteiger partial charge in [0.15, 0.2) is 0 Å². The van der Waals surface area contributed by atoms with Crippen LogP contribution in [0.1, 0.15) is 24.0 Å². The number of nitrogens with one attached hydrogen (secondary N) is 1. The zero-order valence-electron chi connectivity index (χ0n) is 11.5. The summed E-state index contributed by atoms with van der Waals surface area (Å²) in [5.74, 6) is 0.860. The minimum atomic E-state index is -2.87. The Labute approximate surface area is 120 Å². The van der Waals surface area contributed by atoms with Crippen LogP contribution in [0.4, 0.5) is 0 Å². The van der Waals surface area contributed by atoms with Gasteiger partial charge in [-0.05, 0) is 31.4 Å². The average Bonchev–Trinajstić information content (AvgIpc) is 3.11. The van der Waals surface area contributed by atoms with Crippen molar-refractivity contribution >= 4 is 21.6 Å². The van der Waals surface area contributed by atoms with E-state index in [1.807, 2.05) is 0 Å². The van der Waals surface area contributed by atoms with Crippen LogP contribution < -0.4 is 5.32 Å². The van der Waals surface area contributed by atoms with Crippen LogP contribution in [-0.4, -0.2) is 32.2 Å². The Morgan fingerprint density at radius 3 is 2.74 bits per heavy atom. The van der Waals surface area contributed by atoms with Gasteiger partial charge in [0.25, 0.3) is 0 Å². The van der Waals surface area contributed by atoms with Crippen LogP contribution in [-0.2, 0) is 16.4 Å². The fraction of sp³-hybridized carbons (Fsp3) is 0.571. The van der Waals surface area contributed by atoms with E-state index in [2.05, 4.69) is 30.4 Å². The SMILES string of the molecule is Cc1ccc(SCCS(C)(=O)=O)c(CNC2CC2)c1. The highest BCUT2D eigenvalue weighted by Gasteiger charge is 2.20. The Morgan fingerprint density at radius 2 is 2.11 bits per heavy atom.